The zero-order valence-corrected chi connectivity index (χ0v) is 21.9. The third-order valence-corrected chi connectivity index (χ3v) is 7.63. The van der Waals surface area contributed by atoms with Crippen LogP contribution in [0.2, 0.25) is 0 Å². The van der Waals surface area contributed by atoms with Crippen LogP contribution in [0.1, 0.15) is 61.9 Å². The molecular formula is C29H36N4O4. The number of nitrogens with zero attached hydrogens (tertiary/aromatic N) is 4. The van der Waals surface area contributed by atoms with E-state index in [9.17, 15) is 20.0 Å². The molecule has 8 heteroatoms. The lowest BCUT2D eigenvalue weighted by atomic mass is 9.88. The number of aromatic nitrogens is 1. The number of rotatable bonds is 6. The van der Waals surface area contributed by atoms with Crippen LogP contribution in [0.3, 0.4) is 0 Å². The third kappa shape index (κ3) is 5.94. The molecule has 1 saturated carbocycles. The van der Waals surface area contributed by atoms with Gasteiger partial charge < -0.3 is 19.6 Å². The van der Waals surface area contributed by atoms with E-state index in [2.05, 4.69) is 11.1 Å². The number of amides is 2. The number of carbonyl (C=O) groups excluding carboxylic acids is 2. The first-order valence-corrected chi connectivity index (χ1v) is 13.2. The van der Waals surface area contributed by atoms with Gasteiger partial charge in [-0.05, 0) is 43.5 Å². The zero-order valence-electron chi connectivity index (χ0n) is 21.9. The summed E-state index contributed by atoms with van der Waals surface area (Å²) in [6.45, 7) is 4.41. The van der Waals surface area contributed by atoms with Crippen LogP contribution in [0.25, 0.3) is 11.1 Å². The highest BCUT2D eigenvalue weighted by atomic mass is 16.5. The number of aliphatic hydroxyl groups is 1. The standard InChI is InChI=1S/C29H36N4O4/c1-19-16-33(20(2)18-34)29(36)25-13-24(23-11-7-8-21(12-23)14-30)15-31-27(25)37-26(19)17-32(3)28(35)22-9-5-4-6-10-22/h7-8,11-13,15,19-20,22,26,34H,4-6,9-10,16-18H2,1-3H3/t19-,20-,26+/m0/s1. The highest BCUT2D eigenvalue weighted by Crippen LogP contribution is 2.31. The van der Waals surface area contributed by atoms with Crippen LogP contribution in [0.15, 0.2) is 36.5 Å². The van der Waals surface area contributed by atoms with E-state index in [-0.39, 0.29) is 42.2 Å². The molecule has 1 aromatic carbocycles. The Labute approximate surface area is 218 Å². The molecule has 4 rings (SSSR count). The topological polar surface area (TPSA) is 107 Å². The van der Waals surface area contributed by atoms with Crippen molar-refractivity contribution in [3.8, 4) is 23.1 Å². The molecule has 1 fully saturated rings. The summed E-state index contributed by atoms with van der Waals surface area (Å²) in [6.07, 6.45) is 6.50. The maximum atomic E-state index is 13.7. The van der Waals surface area contributed by atoms with Gasteiger partial charge in [0.15, 0.2) is 0 Å². The summed E-state index contributed by atoms with van der Waals surface area (Å²) in [4.78, 5) is 34.8. The van der Waals surface area contributed by atoms with Crippen LogP contribution >= 0.6 is 0 Å². The molecule has 0 radical (unpaired) electrons. The Morgan fingerprint density at radius 3 is 2.73 bits per heavy atom. The van der Waals surface area contributed by atoms with Crippen molar-refractivity contribution >= 4 is 11.8 Å². The summed E-state index contributed by atoms with van der Waals surface area (Å²) < 4.78 is 6.36. The molecule has 0 bridgehead atoms. The first kappa shape index (κ1) is 26.6. The number of benzene rings is 1. The Bertz CT molecular complexity index is 1170. The number of hydrogen-bond acceptors (Lipinski definition) is 6. The minimum Gasteiger partial charge on any atom is -0.472 e. The van der Waals surface area contributed by atoms with Crippen molar-refractivity contribution in [2.24, 2.45) is 11.8 Å². The highest BCUT2D eigenvalue weighted by molar-refractivity contribution is 5.98. The Hall–Kier alpha value is -3.44. The van der Waals surface area contributed by atoms with Gasteiger partial charge in [0, 0.05) is 37.2 Å². The van der Waals surface area contributed by atoms with Gasteiger partial charge in [0.25, 0.3) is 5.91 Å². The van der Waals surface area contributed by atoms with E-state index in [0.29, 0.717) is 29.8 Å². The number of fused-ring (bicyclic) bond motifs is 1. The number of carbonyl (C=O) groups is 2. The molecule has 2 amide bonds. The van der Waals surface area contributed by atoms with Crippen molar-refractivity contribution in [1.82, 2.24) is 14.8 Å². The average Bonchev–Trinajstić information content (AvgIpc) is 2.94. The largest absolute Gasteiger partial charge is 0.472 e. The number of likely N-dealkylation sites (N-methyl/N-ethyl adjacent to an activating group) is 1. The highest BCUT2D eigenvalue weighted by Gasteiger charge is 2.35. The molecule has 0 saturated heterocycles. The number of ether oxygens (including phenoxy) is 1. The Morgan fingerprint density at radius 2 is 2.03 bits per heavy atom. The number of pyridine rings is 1. The van der Waals surface area contributed by atoms with Crippen LogP contribution in [0.5, 0.6) is 5.88 Å². The molecule has 37 heavy (non-hydrogen) atoms. The second kappa shape index (κ2) is 11.7. The predicted molar refractivity (Wildman–Crippen MR) is 140 cm³/mol. The van der Waals surface area contributed by atoms with Crippen LogP contribution in [0.4, 0.5) is 0 Å². The van der Waals surface area contributed by atoms with Crippen molar-refractivity contribution in [1.29, 1.82) is 5.26 Å². The molecular weight excluding hydrogens is 468 g/mol. The van der Waals surface area contributed by atoms with E-state index in [1.165, 1.54) is 6.42 Å². The van der Waals surface area contributed by atoms with Gasteiger partial charge in [0.1, 0.15) is 11.7 Å². The Kier molecular flexibility index (Phi) is 8.45. The second-order valence-electron chi connectivity index (χ2n) is 10.4. The Balaban J connectivity index is 1.66. The first-order valence-electron chi connectivity index (χ1n) is 13.2. The quantitative estimate of drug-likeness (QED) is 0.640. The molecule has 1 aliphatic heterocycles. The van der Waals surface area contributed by atoms with Crippen LogP contribution < -0.4 is 4.74 Å². The van der Waals surface area contributed by atoms with Gasteiger partial charge in [-0.25, -0.2) is 4.98 Å². The van der Waals surface area contributed by atoms with Crippen molar-refractivity contribution < 1.29 is 19.4 Å². The smallest absolute Gasteiger partial charge is 0.259 e. The van der Waals surface area contributed by atoms with E-state index >= 15 is 0 Å². The molecule has 196 valence electrons. The van der Waals surface area contributed by atoms with Gasteiger partial charge in [-0.1, -0.05) is 38.3 Å². The fourth-order valence-electron chi connectivity index (χ4n) is 5.27. The van der Waals surface area contributed by atoms with Gasteiger partial charge in [0.2, 0.25) is 11.8 Å². The number of aliphatic hydroxyl groups excluding tert-OH is 1. The zero-order chi connectivity index (χ0) is 26.5. The summed E-state index contributed by atoms with van der Waals surface area (Å²) in [6, 6.07) is 10.6. The fourth-order valence-corrected chi connectivity index (χ4v) is 5.27. The molecule has 0 unspecified atom stereocenters. The van der Waals surface area contributed by atoms with Gasteiger partial charge in [-0.15, -0.1) is 0 Å². The normalized spacial score (nSPS) is 21.2. The molecule has 1 aromatic heterocycles. The van der Waals surface area contributed by atoms with Crippen LogP contribution in [0, 0.1) is 23.2 Å². The maximum absolute atomic E-state index is 13.7. The third-order valence-electron chi connectivity index (χ3n) is 7.63. The van der Waals surface area contributed by atoms with Gasteiger partial charge in [-0.2, -0.15) is 5.26 Å². The summed E-state index contributed by atoms with van der Waals surface area (Å²) in [7, 11) is 1.82. The minimum absolute atomic E-state index is 0.0623. The molecule has 1 aliphatic carbocycles. The monoisotopic (exact) mass is 504 g/mol. The summed E-state index contributed by atoms with van der Waals surface area (Å²) >= 11 is 0. The van der Waals surface area contributed by atoms with E-state index in [4.69, 9.17) is 4.74 Å². The Morgan fingerprint density at radius 1 is 1.27 bits per heavy atom. The molecule has 1 N–H and O–H groups in total. The molecule has 3 atom stereocenters. The first-order chi connectivity index (χ1) is 17.8. The van der Waals surface area contributed by atoms with Crippen molar-refractivity contribution in [3.05, 3.63) is 47.7 Å². The fraction of sp³-hybridized carbons (Fsp3) is 0.517. The lowest BCUT2D eigenvalue weighted by molar-refractivity contribution is -0.136. The second-order valence-corrected chi connectivity index (χ2v) is 10.4. The number of nitriles is 1. The molecule has 2 heterocycles. The molecule has 2 aliphatic rings. The van der Waals surface area contributed by atoms with Crippen LogP contribution in [-0.4, -0.2) is 70.6 Å². The van der Waals surface area contributed by atoms with Crippen molar-refractivity contribution in [3.63, 3.8) is 0 Å². The van der Waals surface area contributed by atoms with Crippen LogP contribution in [-0.2, 0) is 4.79 Å². The van der Waals surface area contributed by atoms with Crippen molar-refractivity contribution in [2.45, 2.75) is 58.1 Å². The van der Waals surface area contributed by atoms with E-state index in [1.807, 2.05) is 27.0 Å². The maximum Gasteiger partial charge on any atom is 0.259 e. The minimum atomic E-state index is -0.395. The van der Waals surface area contributed by atoms with E-state index in [1.54, 1.807) is 40.3 Å². The van der Waals surface area contributed by atoms with E-state index in [0.717, 1.165) is 31.2 Å². The lowest BCUT2D eigenvalue weighted by Crippen LogP contribution is -2.51. The average molecular weight is 505 g/mol. The van der Waals surface area contributed by atoms with Gasteiger partial charge >= 0.3 is 0 Å². The predicted octanol–water partition coefficient (Wildman–Crippen LogP) is 3.88. The van der Waals surface area contributed by atoms with Gasteiger partial charge in [0.05, 0.1) is 30.8 Å². The molecule has 2 aromatic rings. The summed E-state index contributed by atoms with van der Waals surface area (Å²) in [5.74, 6) is 0.0681. The summed E-state index contributed by atoms with van der Waals surface area (Å²) in [5.41, 5.74) is 2.29. The number of hydrogen-bond donors (Lipinski definition) is 1. The van der Waals surface area contributed by atoms with E-state index < -0.39 is 6.04 Å². The molecule has 0 spiro atoms. The van der Waals surface area contributed by atoms with Crippen molar-refractivity contribution in [2.75, 3.05) is 26.7 Å². The molecule has 8 nitrogen and oxygen atoms in total. The summed E-state index contributed by atoms with van der Waals surface area (Å²) in [5, 5.41) is 19.2. The lowest BCUT2D eigenvalue weighted by Gasteiger charge is -2.38. The van der Waals surface area contributed by atoms with Gasteiger partial charge in [-0.3, -0.25) is 9.59 Å². The SMILES string of the molecule is C[C@H]1CN([C@@H](C)CO)C(=O)c2cc(-c3cccc(C#N)c3)cnc2O[C@@H]1CN(C)C(=O)C1CCCCC1.